The molecule has 0 aliphatic heterocycles. The highest BCUT2D eigenvalue weighted by Crippen LogP contribution is 1.76. The van der Waals surface area contributed by atoms with Crippen molar-refractivity contribution < 1.29 is 23.8 Å². The van der Waals surface area contributed by atoms with Crippen LogP contribution in [-0.2, 0) is 23.8 Å². The van der Waals surface area contributed by atoms with Crippen LogP contribution in [0.2, 0.25) is 0 Å². The predicted octanol–water partition coefficient (Wildman–Crippen LogP) is 4.41. The van der Waals surface area contributed by atoms with E-state index in [1.807, 2.05) is 13.8 Å². The van der Waals surface area contributed by atoms with Crippen LogP contribution in [0.1, 0.15) is 68.2 Å². The fourth-order valence-electron chi connectivity index (χ4n) is 0.611. The molecule has 0 rings (SSSR count). The van der Waals surface area contributed by atoms with Crippen molar-refractivity contribution in [2.24, 2.45) is 0 Å². The molecule has 0 spiro atoms. The van der Waals surface area contributed by atoms with E-state index in [9.17, 15) is 9.59 Å². The Balaban J connectivity index is -0.0000000582. The van der Waals surface area contributed by atoms with Gasteiger partial charge in [-0.25, -0.2) is 0 Å². The van der Waals surface area contributed by atoms with Gasteiger partial charge in [-0.1, -0.05) is 26.7 Å². The van der Waals surface area contributed by atoms with Gasteiger partial charge in [-0.05, 0) is 27.7 Å². The summed E-state index contributed by atoms with van der Waals surface area (Å²) in [5.74, 6) is -0.421. The number of hydrogen-bond donors (Lipinski definition) is 0. The Kier molecular flexibility index (Phi) is 55.3. The summed E-state index contributed by atoms with van der Waals surface area (Å²) in [7, 11) is 0. The third-order valence-corrected chi connectivity index (χ3v) is 1.60. The van der Waals surface area contributed by atoms with Gasteiger partial charge in [0.1, 0.15) is 0 Å². The molecule has 0 saturated heterocycles. The van der Waals surface area contributed by atoms with Crippen molar-refractivity contribution in [3.05, 3.63) is 0 Å². The molecule has 0 radical (unpaired) electrons. The average molecular weight is 345 g/mol. The van der Waals surface area contributed by atoms with E-state index in [2.05, 4.69) is 23.3 Å². The number of carbonyl (C=O) groups excluding carboxylic acids is 2. The molecule has 0 saturated carbocycles. The molecule has 0 bridgehead atoms. The molecule has 0 amide bonds. The summed E-state index contributed by atoms with van der Waals surface area (Å²) in [5.41, 5.74) is 0. The summed E-state index contributed by atoms with van der Waals surface area (Å²) in [4.78, 5) is 19.6. The van der Waals surface area contributed by atoms with Crippen molar-refractivity contribution >= 4 is 24.3 Å². The van der Waals surface area contributed by atoms with E-state index in [0.717, 1.165) is 13.2 Å². The highest BCUT2D eigenvalue weighted by atomic mass is 35.5. The zero-order chi connectivity index (χ0) is 17.5. The number of carbonyl (C=O) groups is 2. The van der Waals surface area contributed by atoms with E-state index < -0.39 is 0 Å². The lowest BCUT2D eigenvalue weighted by atomic mass is 10.4. The summed E-state index contributed by atoms with van der Waals surface area (Å²) in [6.07, 6.45) is 2.64. The van der Waals surface area contributed by atoms with Crippen LogP contribution in [0, 0.1) is 0 Å². The Morgan fingerprint density at radius 1 is 0.636 bits per heavy atom. The first-order chi connectivity index (χ1) is 9.87. The van der Waals surface area contributed by atoms with Crippen LogP contribution in [0.15, 0.2) is 0 Å². The van der Waals surface area contributed by atoms with Crippen molar-refractivity contribution in [2.75, 3.05) is 26.4 Å². The topological polar surface area (TPSA) is 61.8 Å². The minimum atomic E-state index is -0.211. The molecular formula is C16H37ClO5. The number of unbranched alkanes of at least 4 members (excludes halogenated alkanes) is 1. The largest absolute Gasteiger partial charge is 0.466 e. The molecule has 0 N–H and O–H groups in total. The fraction of sp³-hybridized carbons (Fsp3) is 0.875. The summed E-state index contributed by atoms with van der Waals surface area (Å²) in [5, 5.41) is 0. The minimum Gasteiger partial charge on any atom is -0.466 e. The minimum absolute atomic E-state index is 0. The number of esters is 2. The molecule has 0 fully saturated rings. The third kappa shape index (κ3) is 94.7. The maximum Gasteiger partial charge on any atom is 0.302 e. The maximum atomic E-state index is 9.82. The molecule has 0 aromatic carbocycles. The van der Waals surface area contributed by atoms with Crippen LogP contribution < -0.4 is 0 Å². The van der Waals surface area contributed by atoms with Crippen LogP contribution in [0.4, 0.5) is 0 Å². The first-order valence-corrected chi connectivity index (χ1v) is 7.71. The van der Waals surface area contributed by atoms with Crippen molar-refractivity contribution in [3.8, 4) is 0 Å². The van der Waals surface area contributed by atoms with Gasteiger partial charge in [0.25, 0.3) is 0 Å². The molecular weight excluding hydrogens is 308 g/mol. The summed E-state index contributed by atoms with van der Waals surface area (Å²) in [6, 6.07) is 0. The second-order valence-corrected chi connectivity index (χ2v) is 3.63. The number of halogens is 1. The van der Waals surface area contributed by atoms with Gasteiger partial charge in [-0.3, -0.25) is 9.59 Å². The lowest BCUT2D eigenvalue weighted by Gasteiger charge is -1.89. The molecule has 0 aromatic heterocycles. The van der Waals surface area contributed by atoms with Crippen molar-refractivity contribution in [1.82, 2.24) is 0 Å². The average Bonchev–Trinajstić information content (AvgIpc) is 2.41. The van der Waals surface area contributed by atoms with Crippen LogP contribution in [0.25, 0.3) is 0 Å². The van der Waals surface area contributed by atoms with Crippen LogP contribution >= 0.6 is 12.4 Å². The van der Waals surface area contributed by atoms with Crippen LogP contribution in [0.5, 0.6) is 0 Å². The van der Waals surface area contributed by atoms with Gasteiger partial charge >= 0.3 is 11.9 Å². The quantitative estimate of drug-likeness (QED) is 0.691. The first-order valence-electron chi connectivity index (χ1n) is 7.71. The number of ether oxygens (including phenoxy) is 3. The van der Waals surface area contributed by atoms with Crippen LogP contribution in [0.3, 0.4) is 0 Å². The van der Waals surface area contributed by atoms with Gasteiger partial charge < -0.3 is 14.2 Å². The first kappa shape index (κ1) is 33.0. The van der Waals surface area contributed by atoms with E-state index in [1.165, 1.54) is 26.7 Å². The summed E-state index contributed by atoms with van der Waals surface area (Å²) < 4.78 is 13.6. The van der Waals surface area contributed by atoms with Gasteiger partial charge in [0.2, 0.25) is 0 Å². The zero-order valence-electron chi connectivity index (χ0n) is 15.7. The van der Waals surface area contributed by atoms with Gasteiger partial charge in [0, 0.05) is 27.1 Å². The normalized spacial score (nSPS) is 7.45. The van der Waals surface area contributed by atoms with E-state index >= 15 is 0 Å². The lowest BCUT2D eigenvalue weighted by Crippen LogP contribution is -1.95. The fourth-order valence-corrected chi connectivity index (χ4v) is 0.611. The van der Waals surface area contributed by atoms with Crippen molar-refractivity contribution in [3.63, 3.8) is 0 Å². The van der Waals surface area contributed by atoms with Gasteiger partial charge in [-0.15, -0.1) is 12.4 Å². The van der Waals surface area contributed by atoms with Gasteiger partial charge in [-0.2, -0.15) is 0 Å². The highest BCUT2D eigenvalue weighted by molar-refractivity contribution is 5.85. The van der Waals surface area contributed by atoms with E-state index in [-0.39, 0.29) is 24.3 Å². The highest BCUT2D eigenvalue weighted by Gasteiger charge is 1.82. The monoisotopic (exact) mass is 344 g/mol. The Morgan fingerprint density at radius 3 is 0.909 bits per heavy atom. The van der Waals surface area contributed by atoms with Crippen molar-refractivity contribution in [1.29, 1.82) is 0 Å². The Morgan fingerprint density at radius 2 is 0.909 bits per heavy atom. The second kappa shape index (κ2) is 36.9. The number of hydrogen-bond acceptors (Lipinski definition) is 5. The molecule has 0 aliphatic rings. The SMILES string of the molecule is CCCC.CCOC(C)=O.CCOC(C)=O.CCOCC.Cl. The van der Waals surface area contributed by atoms with E-state index in [1.54, 1.807) is 13.8 Å². The molecule has 0 aromatic rings. The standard InChI is InChI=1S/2C4H8O2.C4H10O.C4H10.ClH/c2*1-3-6-4(2)5;1-3-5-4-2;1-3-4-2;/h2*3H2,1-2H3;3-4H2,1-2H3;3-4H2,1-2H3;1H. The smallest absolute Gasteiger partial charge is 0.302 e. The van der Waals surface area contributed by atoms with Crippen LogP contribution in [-0.4, -0.2) is 38.4 Å². The Hall–Kier alpha value is -0.810. The van der Waals surface area contributed by atoms with E-state index in [4.69, 9.17) is 4.74 Å². The molecule has 138 valence electrons. The Bertz CT molecular complexity index is 179. The second-order valence-electron chi connectivity index (χ2n) is 3.63. The van der Waals surface area contributed by atoms with Gasteiger partial charge in [0.05, 0.1) is 13.2 Å². The van der Waals surface area contributed by atoms with E-state index in [0.29, 0.717) is 13.2 Å². The molecule has 0 aliphatic carbocycles. The maximum absolute atomic E-state index is 9.82. The molecule has 5 nitrogen and oxygen atoms in total. The molecule has 6 heteroatoms. The van der Waals surface area contributed by atoms with Crippen molar-refractivity contribution in [2.45, 2.75) is 68.2 Å². The van der Waals surface area contributed by atoms with Gasteiger partial charge in [0.15, 0.2) is 0 Å². The predicted molar refractivity (Wildman–Crippen MR) is 94.6 cm³/mol. The lowest BCUT2D eigenvalue weighted by molar-refractivity contribution is -0.141. The molecule has 22 heavy (non-hydrogen) atoms. The Labute approximate surface area is 143 Å². The molecule has 0 atom stereocenters. The number of rotatable bonds is 5. The zero-order valence-corrected chi connectivity index (χ0v) is 16.5. The molecule has 0 heterocycles. The summed E-state index contributed by atoms with van der Waals surface area (Å²) >= 11 is 0. The summed E-state index contributed by atoms with van der Waals surface area (Å²) in [6.45, 7) is 17.3. The third-order valence-electron chi connectivity index (χ3n) is 1.60. The molecule has 0 unspecified atom stereocenters.